The molecule has 0 spiro atoms. The van der Waals surface area contributed by atoms with E-state index in [-0.39, 0.29) is 12.4 Å². The average Bonchev–Trinajstić information content (AvgIpc) is 3.35. The van der Waals surface area contributed by atoms with E-state index < -0.39 is 6.04 Å². The van der Waals surface area contributed by atoms with E-state index >= 15 is 0 Å². The first kappa shape index (κ1) is 23.0. The summed E-state index contributed by atoms with van der Waals surface area (Å²) in [6.45, 7) is 1.87. The highest BCUT2D eigenvalue weighted by Gasteiger charge is 2.32. The number of imidazole rings is 1. The van der Waals surface area contributed by atoms with Gasteiger partial charge in [0.1, 0.15) is 17.8 Å². The molecular formula is C28H28N4O3. The van der Waals surface area contributed by atoms with Crippen molar-refractivity contribution in [3.8, 4) is 22.6 Å². The predicted molar refractivity (Wildman–Crippen MR) is 135 cm³/mol. The van der Waals surface area contributed by atoms with Gasteiger partial charge in [0.25, 0.3) is 0 Å². The second kappa shape index (κ2) is 10.2. The summed E-state index contributed by atoms with van der Waals surface area (Å²) < 4.78 is 7.11. The summed E-state index contributed by atoms with van der Waals surface area (Å²) in [6, 6.07) is 23.5. The van der Waals surface area contributed by atoms with E-state index in [9.17, 15) is 4.79 Å². The highest BCUT2D eigenvalue weighted by molar-refractivity contribution is 6.01. The van der Waals surface area contributed by atoms with Gasteiger partial charge < -0.3 is 15.2 Å². The summed E-state index contributed by atoms with van der Waals surface area (Å²) in [5, 5.41) is 15.6. The van der Waals surface area contributed by atoms with Crippen molar-refractivity contribution < 1.29 is 14.6 Å². The molecule has 0 radical (unpaired) electrons. The van der Waals surface area contributed by atoms with Crippen molar-refractivity contribution in [2.75, 3.05) is 20.3 Å². The summed E-state index contributed by atoms with van der Waals surface area (Å²) in [6.07, 6.45) is 1.71. The molecule has 1 aromatic heterocycles. The van der Waals surface area contributed by atoms with Gasteiger partial charge in [-0.15, -0.1) is 0 Å². The first-order valence-corrected chi connectivity index (χ1v) is 11.7. The van der Waals surface area contributed by atoms with E-state index in [0.29, 0.717) is 25.3 Å². The van der Waals surface area contributed by atoms with Crippen LogP contribution in [0.4, 0.5) is 0 Å². The lowest BCUT2D eigenvalue weighted by Crippen LogP contribution is -2.35. The molecule has 5 rings (SSSR count). The SMILES string of the molecule is COc1ccc(-n2cnc3c2C(=O)C(c2ccc(-c4ccccc4CNCCO)cc2)NC3)cc1. The first-order chi connectivity index (χ1) is 17.2. The van der Waals surface area contributed by atoms with Crippen molar-refractivity contribution >= 4 is 5.78 Å². The maximum Gasteiger partial charge on any atom is 0.202 e. The molecule has 7 nitrogen and oxygen atoms in total. The van der Waals surface area contributed by atoms with Crippen LogP contribution in [0.2, 0.25) is 0 Å². The summed E-state index contributed by atoms with van der Waals surface area (Å²) in [5.74, 6) is 0.764. The number of carbonyl (C=O) groups excluding carboxylic acids is 1. The number of rotatable bonds is 8. The number of ketones is 1. The Hall–Kier alpha value is -3.78. The predicted octanol–water partition coefficient (Wildman–Crippen LogP) is 3.66. The van der Waals surface area contributed by atoms with Crippen molar-refractivity contribution in [3.63, 3.8) is 0 Å². The minimum Gasteiger partial charge on any atom is -0.497 e. The number of methoxy groups -OCH3 is 1. The highest BCUT2D eigenvalue weighted by atomic mass is 16.5. The Kier molecular flexibility index (Phi) is 6.72. The molecule has 3 aromatic carbocycles. The number of aromatic nitrogens is 2. The zero-order valence-electron chi connectivity index (χ0n) is 19.6. The van der Waals surface area contributed by atoms with Gasteiger partial charge in [0.15, 0.2) is 0 Å². The lowest BCUT2D eigenvalue weighted by molar-refractivity contribution is 0.0922. The smallest absolute Gasteiger partial charge is 0.202 e. The maximum absolute atomic E-state index is 13.6. The quantitative estimate of drug-likeness (QED) is 0.342. The van der Waals surface area contributed by atoms with Crippen molar-refractivity contribution in [1.29, 1.82) is 0 Å². The molecule has 178 valence electrons. The largest absolute Gasteiger partial charge is 0.497 e. The van der Waals surface area contributed by atoms with Gasteiger partial charge in [0.2, 0.25) is 5.78 Å². The van der Waals surface area contributed by atoms with Crippen LogP contribution in [0.5, 0.6) is 5.75 Å². The van der Waals surface area contributed by atoms with Crippen molar-refractivity contribution in [3.05, 3.63) is 102 Å². The lowest BCUT2D eigenvalue weighted by atomic mass is 9.93. The molecule has 0 saturated carbocycles. The number of Topliss-reactive ketones (excluding diaryl/α,β-unsaturated/α-hetero) is 1. The van der Waals surface area contributed by atoms with Crippen LogP contribution >= 0.6 is 0 Å². The second-order valence-corrected chi connectivity index (χ2v) is 8.47. The third-order valence-corrected chi connectivity index (χ3v) is 6.34. The van der Waals surface area contributed by atoms with Gasteiger partial charge in [-0.2, -0.15) is 0 Å². The lowest BCUT2D eigenvalue weighted by Gasteiger charge is -2.24. The van der Waals surface area contributed by atoms with Crippen molar-refractivity contribution in [2.45, 2.75) is 19.1 Å². The normalized spacial score (nSPS) is 15.1. The molecule has 7 heteroatoms. The molecule has 0 fully saturated rings. The number of carbonyl (C=O) groups is 1. The fourth-order valence-corrected chi connectivity index (χ4v) is 4.52. The molecule has 35 heavy (non-hydrogen) atoms. The molecule has 0 aliphatic carbocycles. The number of hydrogen-bond acceptors (Lipinski definition) is 6. The van der Waals surface area contributed by atoms with E-state index in [1.807, 2.05) is 53.1 Å². The minimum atomic E-state index is -0.438. The van der Waals surface area contributed by atoms with Crippen LogP contribution in [0.3, 0.4) is 0 Å². The molecule has 1 unspecified atom stereocenters. The first-order valence-electron chi connectivity index (χ1n) is 11.7. The molecule has 1 atom stereocenters. The molecule has 4 aromatic rings. The van der Waals surface area contributed by atoms with Gasteiger partial charge in [-0.1, -0.05) is 48.5 Å². The van der Waals surface area contributed by atoms with E-state index in [1.54, 1.807) is 13.4 Å². The van der Waals surface area contributed by atoms with Gasteiger partial charge in [-0.3, -0.25) is 14.7 Å². The van der Waals surface area contributed by atoms with Gasteiger partial charge in [-0.05, 0) is 46.5 Å². The van der Waals surface area contributed by atoms with E-state index in [1.165, 1.54) is 0 Å². The monoisotopic (exact) mass is 468 g/mol. The minimum absolute atomic E-state index is 0.000853. The van der Waals surface area contributed by atoms with Crippen LogP contribution in [0.15, 0.2) is 79.1 Å². The van der Waals surface area contributed by atoms with E-state index in [2.05, 4.69) is 39.9 Å². The topological polar surface area (TPSA) is 88.4 Å². The Labute approximate surface area is 204 Å². The average molecular weight is 469 g/mol. The molecule has 1 aliphatic heterocycles. The fourth-order valence-electron chi connectivity index (χ4n) is 4.52. The van der Waals surface area contributed by atoms with Crippen LogP contribution in [-0.4, -0.2) is 40.7 Å². The van der Waals surface area contributed by atoms with Gasteiger partial charge in [0.05, 0.1) is 25.5 Å². The molecule has 0 amide bonds. The Balaban J connectivity index is 1.40. The molecule has 0 saturated heterocycles. The van der Waals surface area contributed by atoms with Crippen LogP contribution in [0.1, 0.15) is 33.4 Å². The van der Waals surface area contributed by atoms with Crippen LogP contribution in [0, 0.1) is 0 Å². The van der Waals surface area contributed by atoms with E-state index in [4.69, 9.17) is 9.84 Å². The van der Waals surface area contributed by atoms with Crippen molar-refractivity contribution in [2.24, 2.45) is 0 Å². The summed E-state index contributed by atoms with van der Waals surface area (Å²) >= 11 is 0. The summed E-state index contributed by atoms with van der Waals surface area (Å²) in [7, 11) is 1.63. The summed E-state index contributed by atoms with van der Waals surface area (Å²) in [5.41, 5.74) is 6.53. The number of nitrogens with one attached hydrogen (secondary N) is 2. The number of aliphatic hydroxyl groups is 1. The van der Waals surface area contributed by atoms with Crippen LogP contribution < -0.4 is 15.4 Å². The zero-order chi connectivity index (χ0) is 24.2. The summed E-state index contributed by atoms with van der Waals surface area (Å²) in [4.78, 5) is 18.0. The number of fused-ring (bicyclic) bond motifs is 1. The zero-order valence-corrected chi connectivity index (χ0v) is 19.6. The molecular weight excluding hydrogens is 440 g/mol. The molecule has 1 aliphatic rings. The Morgan fingerprint density at radius 3 is 2.60 bits per heavy atom. The molecule has 0 bridgehead atoms. The van der Waals surface area contributed by atoms with Crippen molar-refractivity contribution in [1.82, 2.24) is 20.2 Å². The fraction of sp³-hybridized carbons (Fsp3) is 0.214. The Morgan fingerprint density at radius 2 is 1.86 bits per heavy atom. The third kappa shape index (κ3) is 4.61. The van der Waals surface area contributed by atoms with Crippen LogP contribution in [-0.2, 0) is 13.1 Å². The number of aliphatic hydroxyl groups excluding tert-OH is 1. The Morgan fingerprint density at radius 1 is 1.09 bits per heavy atom. The maximum atomic E-state index is 13.6. The molecule has 2 heterocycles. The number of nitrogens with zero attached hydrogens (tertiary/aromatic N) is 2. The number of hydrogen-bond donors (Lipinski definition) is 3. The van der Waals surface area contributed by atoms with Gasteiger partial charge in [-0.25, -0.2) is 4.98 Å². The van der Waals surface area contributed by atoms with E-state index in [0.717, 1.165) is 39.4 Å². The van der Waals surface area contributed by atoms with Gasteiger partial charge in [0, 0.05) is 25.3 Å². The van der Waals surface area contributed by atoms with Crippen LogP contribution in [0.25, 0.3) is 16.8 Å². The van der Waals surface area contributed by atoms with Gasteiger partial charge >= 0.3 is 0 Å². The number of benzene rings is 3. The third-order valence-electron chi connectivity index (χ3n) is 6.34. The Bertz CT molecular complexity index is 1310. The second-order valence-electron chi connectivity index (χ2n) is 8.47. The number of ether oxygens (including phenoxy) is 1. The standard InChI is InChI=1S/C28H28N4O3/c1-35-23-12-10-22(11-13-23)32-18-31-25-17-30-26(28(34)27(25)32)20-8-6-19(7-9-20)24-5-3-2-4-21(24)16-29-14-15-33/h2-13,18,26,29-30,33H,14-17H2,1H3. The highest BCUT2D eigenvalue weighted by Crippen LogP contribution is 2.30. The molecule has 3 N–H and O–H groups in total.